The number of nitrogens with zero attached hydrogens (tertiary/aromatic N) is 3. The van der Waals surface area contributed by atoms with Crippen LogP contribution in [-0.4, -0.2) is 40.1 Å². The van der Waals surface area contributed by atoms with E-state index in [0.29, 0.717) is 12.2 Å². The van der Waals surface area contributed by atoms with Crippen molar-refractivity contribution in [3.8, 4) is 0 Å². The number of hydrogen-bond donors (Lipinski definition) is 3. The van der Waals surface area contributed by atoms with Crippen LogP contribution in [0.5, 0.6) is 0 Å². The lowest BCUT2D eigenvalue weighted by atomic mass is 10.2. The summed E-state index contributed by atoms with van der Waals surface area (Å²) in [6.07, 6.45) is 1.32. The van der Waals surface area contributed by atoms with Gasteiger partial charge in [0.15, 0.2) is 5.82 Å². The van der Waals surface area contributed by atoms with Crippen LogP contribution in [0.15, 0.2) is 0 Å². The quantitative estimate of drug-likeness (QED) is 0.546. The van der Waals surface area contributed by atoms with Crippen LogP contribution in [0, 0.1) is 0 Å². The number of tetrazole rings is 1. The van der Waals surface area contributed by atoms with E-state index in [2.05, 4.69) is 31.3 Å². The number of rotatable bonds is 6. The van der Waals surface area contributed by atoms with Gasteiger partial charge in [0.05, 0.1) is 6.04 Å². The largest absolute Gasteiger partial charge is 0.346 e. The molecule has 0 fully saturated rings. The Hall–Kier alpha value is -1.50. The third kappa shape index (κ3) is 4.03. The van der Waals surface area contributed by atoms with Crippen molar-refractivity contribution in [2.24, 2.45) is 0 Å². The van der Waals surface area contributed by atoms with Gasteiger partial charge in [0, 0.05) is 6.42 Å². The third-order valence-electron chi connectivity index (χ3n) is 1.96. The topological polar surface area (TPSA) is 95.6 Å². The predicted molar refractivity (Wildman–Crippen MR) is 53.9 cm³/mol. The highest BCUT2D eigenvalue weighted by Gasteiger charge is 2.12. The van der Waals surface area contributed by atoms with Gasteiger partial charge in [-0.1, -0.05) is 5.21 Å². The highest BCUT2D eigenvalue weighted by atomic mass is 16.1. The van der Waals surface area contributed by atoms with Crippen molar-refractivity contribution in [1.29, 1.82) is 0 Å². The summed E-state index contributed by atoms with van der Waals surface area (Å²) in [4.78, 5) is 11.4. The molecule has 0 aliphatic rings. The van der Waals surface area contributed by atoms with Gasteiger partial charge in [-0.3, -0.25) is 4.79 Å². The van der Waals surface area contributed by atoms with Gasteiger partial charge in [-0.25, -0.2) is 0 Å². The molecule has 0 aromatic carbocycles. The van der Waals surface area contributed by atoms with Gasteiger partial charge in [-0.05, 0) is 26.9 Å². The number of hydrogen-bond acceptors (Lipinski definition) is 5. The molecule has 7 nitrogen and oxygen atoms in total. The Morgan fingerprint density at radius 1 is 1.60 bits per heavy atom. The summed E-state index contributed by atoms with van der Waals surface area (Å²) in [5.74, 6) is 0.500. The van der Waals surface area contributed by atoms with Gasteiger partial charge >= 0.3 is 0 Å². The Kier molecular flexibility index (Phi) is 4.69. The molecule has 7 heteroatoms. The number of nitrogens with one attached hydrogen (secondary N) is 3. The number of aromatic nitrogens is 4. The molecule has 1 aromatic rings. The molecule has 3 N–H and O–H groups in total. The number of amides is 1. The molecular formula is C8H16N6O. The monoisotopic (exact) mass is 212 g/mol. The summed E-state index contributed by atoms with van der Waals surface area (Å²) < 4.78 is 0. The lowest BCUT2D eigenvalue weighted by Crippen LogP contribution is -2.27. The zero-order valence-electron chi connectivity index (χ0n) is 8.95. The van der Waals surface area contributed by atoms with Crippen LogP contribution in [0.3, 0.4) is 0 Å². The number of H-pyrrole nitrogens is 1. The van der Waals surface area contributed by atoms with Crippen LogP contribution in [0.4, 0.5) is 0 Å². The van der Waals surface area contributed by atoms with Gasteiger partial charge in [0.25, 0.3) is 0 Å². The summed E-state index contributed by atoms with van der Waals surface area (Å²) in [6, 6.07) is -0.203. The number of aromatic amines is 1. The van der Waals surface area contributed by atoms with E-state index in [9.17, 15) is 4.79 Å². The maximum Gasteiger partial charge on any atom is 0.220 e. The Labute approximate surface area is 88.0 Å². The Morgan fingerprint density at radius 2 is 2.40 bits per heavy atom. The SMILES string of the molecule is CNCCCC(=O)NC(C)c1nn[nH]n1. The fraction of sp³-hybridized carbons (Fsp3) is 0.750. The molecular weight excluding hydrogens is 196 g/mol. The summed E-state index contributed by atoms with van der Waals surface area (Å²) in [5.41, 5.74) is 0. The molecule has 15 heavy (non-hydrogen) atoms. The first-order valence-corrected chi connectivity index (χ1v) is 4.91. The van der Waals surface area contributed by atoms with Crippen molar-refractivity contribution in [3.63, 3.8) is 0 Å². The lowest BCUT2D eigenvalue weighted by molar-refractivity contribution is -0.121. The fourth-order valence-corrected chi connectivity index (χ4v) is 1.16. The second-order valence-corrected chi connectivity index (χ2v) is 3.27. The Bertz CT molecular complexity index is 285. The van der Waals surface area contributed by atoms with E-state index < -0.39 is 0 Å². The molecule has 84 valence electrons. The minimum atomic E-state index is -0.203. The maximum absolute atomic E-state index is 11.4. The first-order chi connectivity index (χ1) is 7.24. The summed E-state index contributed by atoms with van der Waals surface area (Å²) in [7, 11) is 1.86. The molecule has 1 heterocycles. The average Bonchev–Trinajstić information content (AvgIpc) is 2.70. The van der Waals surface area contributed by atoms with Gasteiger partial charge in [0.2, 0.25) is 5.91 Å². The van der Waals surface area contributed by atoms with Gasteiger partial charge in [-0.15, -0.1) is 10.2 Å². The summed E-state index contributed by atoms with van der Waals surface area (Å²) in [6.45, 7) is 2.66. The summed E-state index contributed by atoms with van der Waals surface area (Å²) >= 11 is 0. The minimum Gasteiger partial charge on any atom is -0.346 e. The first kappa shape index (κ1) is 11.6. The highest BCUT2D eigenvalue weighted by molar-refractivity contribution is 5.76. The molecule has 0 saturated heterocycles. The van der Waals surface area contributed by atoms with E-state index in [1.165, 1.54) is 0 Å². The van der Waals surface area contributed by atoms with Crippen LogP contribution < -0.4 is 10.6 Å². The average molecular weight is 212 g/mol. The summed E-state index contributed by atoms with van der Waals surface area (Å²) in [5, 5.41) is 19.1. The fourth-order valence-electron chi connectivity index (χ4n) is 1.16. The maximum atomic E-state index is 11.4. The Morgan fingerprint density at radius 3 is 3.00 bits per heavy atom. The van der Waals surface area contributed by atoms with Gasteiger partial charge in [-0.2, -0.15) is 5.21 Å². The van der Waals surface area contributed by atoms with E-state index in [1.54, 1.807) is 0 Å². The number of carbonyl (C=O) groups is 1. The molecule has 1 amide bonds. The van der Waals surface area contributed by atoms with E-state index in [0.717, 1.165) is 13.0 Å². The molecule has 1 aromatic heterocycles. The van der Waals surface area contributed by atoms with Crippen molar-refractivity contribution < 1.29 is 4.79 Å². The van der Waals surface area contributed by atoms with Crippen molar-refractivity contribution in [1.82, 2.24) is 31.3 Å². The second kappa shape index (κ2) is 6.07. The molecule has 0 bridgehead atoms. The van der Waals surface area contributed by atoms with Crippen molar-refractivity contribution >= 4 is 5.91 Å². The molecule has 0 saturated carbocycles. The van der Waals surface area contributed by atoms with Crippen molar-refractivity contribution in [2.45, 2.75) is 25.8 Å². The number of carbonyl (C=O) groups excluding carboxylic acids is 1. The molecule has 1 unspecified atom stereocenters. The van der Waals surface area contributed by atoms with E-state index >= 15 is 0 Å². The van der Waals surface area contributed by atoms with Crippen molar-refractivity contribution in [3.05, 3.63) is 5.82 Å². The van der Waals surface area contributed by atoms with Crippen LogP contribution in [0.1, 0.15) is 31.6 Å². The molecule has 0 radical (unpaired) electrons. The highest BCUT2D eigenvalue weighted by Crippen LogP contribution is 2.03. The minimum absolute atomic E-state index is 0.00236. The van der Waals surface area contributed by atoms with E-state index in [1.807, 2.05) is 14.0 Å². The molecule has 0 spiro atoms. The standard InChI is InChI=1S/C8H16N6O/c1-6(8-11-13-14-12-8)10-7(15)4-3-5-9-2/h6,9H,3-5H2,1-2H3,(H,10,15)(H,11,12,13,14). The van der Waals surface area contributed by atoms with Crippen LogP contribution in [0.25, 0.3) is 0 Å². The molecule has 0 aliphatic heterocycles. The van der Waals surface area contributed by atoms with Crippen LogP contribution in [0.2, 0.25) is 0 Å². The van der Waals surface area contributed by atoms with Gasteiger partial charge < -0.3 is 10.6 Å². The molecule has 0 aliphatic carbocycles. The van der Waals surface area contributed by atoms with Gasteiger partial charge in [0.1, 0.15) is 0 Å². The Balaban J connectivity index is 2.26. The zero-order chi connectivity index (χ0) is 11.1. The van der Waals surface area contributed by atoms with Crippen LogP contribution in [-0.2, 0) is 4.79 Å². The smallest absolute Gasteiger partial charge is 0.220 e. The molecule has 1 rings (SSSR count). The van der Waals surface area contributed by atoms with Crippen molar-refractivity contribution in [2.75, 3.05) is 13.6 Å². The predicted octanol–water partition coefficient (Wildman–Crippen LogP) is -0.623. The lowest BCUT2D eigenvalue weighted by Gasteiger charge is -2.09. The van der Waals surface area contributed by atoms with Crippen LogP contribution >= 0.6 is 0 Å². The van der Waals surface area contributed by atoms with E-state index in [4.69, 9.17) is 0 Å². The molecule has 1 atom stereocenters. The van der Waals surface area contributed by atoms with E-state index in [-0.39, 0.29) is 11.9 Å². The normalized spacial score (nSPS) is 12.4. The second-order valence-electron chi connectivity index (χ2n) is 3.27. The third-order valence-corrected chi connectivity index (χ3v) is 1.96. The zero-order valence-corrected chi connectivity index (χ0v) is 8.95. The first-order valence-electron chi connectivity index (χ1n) is 4.91.